The van der Waals surface area contributed by atoms with Crippen LogP contribution in [0.4, 0.5) is 0 Å². The van der Waals surface area contributed by atoms with E-state index in [2.05, 4.69) is 6.92 Å². The first-order chi connectivity index (χ1) is 10.3. The zero-order chi connectivity index (χ0) is 14.9. The zero-order valence-corrected chi connectivity index (χ0v) is 14.2. The highest BCUT2D eigenvalue weighted by Crippen LogP contribution is 2.37. The molecule has 2 fully saturated rings. The van der Waals surface area contributed by atoms with Crippen molar-refractivity contribution in [2.75, 3.05) is 0 Å². The summed E-state index contributed by atoms with van der Waals surface area (Å²) in [6, 6.07) is 0. The van der Waals surface area contributed by atoms with Crippen LogP contribution in [0.15, 0.2) is 0 Å². The number of rotatable bonds is 8. The molecule has 21 heavy (non-hydrogen) atoms. The van der Waals surface area contributed by atoms with E-state index in [1.165, 1.54) is 96.2 Å². The molecule has 0 saturated heterocycles. The third-order valence-electron chi connectivity index (χ3n) is 6.25. The van der Waals surface area contributed by atoms with Gasteiger partial charge in [0.15, 0.2) is 0 Å². The van der Waals surface area contributed by atoms with Crippen molar-refractivity contribution in [3.05, 3.63) is 0 Å². The maximum atomic E-state index is 10.8. The van der Waals surface area contributed by atoms with Crippen LogP contribution in [-0.4, -0.2) is 6.29 Å². The molecule has 0 spiro atoms. The number of carbonyl (C=O) groups is 1. The van der Waals surface area contributed by atoms with E-state index in [0.29, 0.717) is 5.92 Å². The molecule has 0 atom stereocenters. The Morgan fingerprint density at radius 2 is 1.19 bits per heavy atom. The van der Waals surface area contributed by atoms with Crippen molar-refractivity contribution in [3.8, 4) is 0 Å². The Hall–Kier alpha value is -0.330. The summed E-state index contributed by atoms with van der Waals surface area (Å²) in [6.45, 7) is 2.31. The molecule has 0 amide bonds. The fourth-order valence-electron chi connectivity index (χ4n) is 4.58. The van der Waals surface area contributed by atoms with E-state index in [4.69, 9.17) is 0 Å². The van der Waals surface area contributed by atoms with Gasteiger partial charge in [-0.25, -0.2) is 0 Å². The first kappa shape index (κ1) is 17.0. The van der Waals surface area contributed by atoms with Crippen LogP contribution in [0.5, 0.6) is 0 Å². The van der Waals surface area contributed by atoms with Gasteiger partial charge in [-0.05, 0) is 43.4 Å². The number of unbranched alkanes of at least 4 members (excludes halogenated alkanes) is 2. The predicted molar refractivity (Wildman–Crippen MR) is 90.3 cm³/mol. The van der Waals surface area contributed by atoms with E-state index in [1.807, 2.05) is 0 Å². The summed E-state index contributed by atoms with van der Waals surface area (Å²) < 4.78 is 0. The van der Waals surface area contributed by atoms with Gasteiger partial charge in [0.05, 0.1) is 0 Å². The highest BCUT2D eigenvalue weighted by Gasteiger charge is 2.24. The Kier molecular flexibility index (Phi) is 7.82. The lowest BCUT2D eigenvalue weighted by molar-refractivity contribution is -0.112. The SMILES string of the molecule is CCCCCC1CCC(CCC2CCC(C=O)CC2)CC1. The quantitative estimate of drug-likeness (QED) is 0.387. The molecule has 0 aromatic heterocycles. The monoisotopic (exact) mass is 292 g/mol. The largest absolute Gasteiger partial charge is 0.303 e. The van der Waals surface area contributed by atoms with Crippen LogP contribution in [0.2, 0.25) is 0 Å². The third-order valence-corrected chi connectivity index (χ3v) is 6.25. The van der Waals surface area contributed by atoms with Crippen LogP contribution in [0.1, 0.15) is 96.8 Å². The summed E-state index contributed by atoms with van der Waals surface area (Å²) in [6.07, 6.45) is 20.8. The fraction of sp³-hybridized carbons (Fsp3) is 0.950. The molecular weight excluding hydrogens is 256 g/mol. The maximum absolute atomic E-state index is 10.8. The zero-order valence-electron chi connectivity index (χ0n) is 14.2. The van der Waals surface area contributed by atoms with Crippen LogP contribution >= 0.6 is 0 Å². The Balaban J connectivity index is 1.54. The summed E-state index contributed by atoms with van der Waals surface area (Å²) in [4.78, 5) is 10.8. The van der Waals surface area contributed by atoms with Gasteiger partial charge in [-0.3, -0.25) is 0 Å². The van der Waals surface area contributed by atoms with Crippen molar-refractivity contribution in [3.63, 3.8) is 0 Å². The van der Waals surface area contributed by atoms with Gasteiger partial charge < -0.3 is 4.79 Å². The second-order valence-corrected chi connectivity index (χ2v) is 7.88. The number of aldehydes is 1. The topological polar surface area (TPSA) is 17.1 Å². The molecule has 0 aromatic carbocycles. The molecule has 2 saturated carbocycles. The lowest BCUT2D eigenvalue weighted by Gasteiger charge is -2.31. The van der Waals surface area contributed by atoms with Crippen molar-refractivity contribution in [2.45, 2.75) is 96.8 Å². The second kappa shape index (κ2) is 9.64. The average molecular weight is 293 g/mol. The third kappa shape index (κ3) is 6.12. The molecular formula is C20H36O. The highest BCUT2D eigenvalue weighted by atomic mass is 16.1. The average Bonchev–Trinajstić information content (AvgIpc) is 2.55. The van der Waals surface area contributed by atoms with Gasteiger partial charge in [-0.2, -0.15) is 0 Å². The molecule has 0 N–H and O–H groups in total. The van der Waals surface area contributed by atoms with Crippen molar-refractivity contribution in [1.82, 2.24) is 0 Å². The van der Waals surface area contributed by atoms with Gasteiger partial charge in [-0.15, -0.1) is 0 Å². The highest BCUT2D eigenvalue weighted by molar-refractivity contribution is 5.53. The number of hydrogen-bond acceptors (Lipinski definition) is 1. The lowest BCUT2D eigenvalue weighted by Crippen LogP contribution is -2.18. The summed E-state index contributed by atoms with van der Waals surface area (Å²) in [5.41, 5.74) is 0. The normalized spacial score (nSPS) is 33.8. The Labute approximate surface area is 132 Å². The molecule has 122 valence electrons. The fourth-order valence-corrected chi connectivity index (χ4v) is 4.58. The molecule has 2 rings (SSSR count). The van der Waals surface area contributed by atoms with Crippen molar-refractivity contribution in [2.24, 2.45) is 23.7 Å². The first-order valence-corrected chi connectivity index (χ1v) is 9.77. The molecule has 0 aromatic rings. The standard InChI is InChI=1S/C20H36O/c1-2-3-4-5-17-6-8-18(9-7-17)10-11-19-12-14-20(16-21)15-13-19/h16-20H,2-15H2,1H3. The van der Waals surface area contributed by atoms with Gasteiger partial charge in [0.2, 0.25) is 0 Å². The molecule has 0 bridgehead atoms. The second-order valence-electron chi connectivity index (χ2n) is 7.88. The van der Waals surface area contributed by atoms with Crippen LogP contribution in [-0.2, 0) is 4.79 Å². The van der Waals surface area contributed by atoms with Gasteiger partial charge in [0.1, 0.15) is 6.29 Å². The molecule has 2 aliphatic rings. The van der Waals surface area contributed by atoms with Gasteiger partial charge in [0.25, 0.3) is 0 Å². The Morgan fingerprint density at radius 1 is 0.714 bits per heavy atom. The molecule has 2 aliphatic carbocycles. The molecule has 0 unspecified atom stereocenters. The minimum absolute atomic E-state index is 0.389. The van der Waals surface area contributed by atoms with E-state index in [9.17, 15) is 4.79 Å². The van der Waals surface area contributed by atoms with Crippen molar-refractivity contribution in [1.29, 1.82) is 0 Å². The smallest absolute Gasteiger partial charge is 0.123 e. The summed E-state index contributed by atoms with van der Waals surface area (Å²) in [5, 5.41) is 0. The van der Waals surface area contributed by atoms with Crippen molar-refractivity contribution >= 4 is 6.29 Å². The minimum atomic E-state index is 0.389. The lowest BCUT2D eigenvalue weighted by atomic mass is 9.75. The van der Waals surface area contributed by atoms with E-state index in [0.717, 1.165) is 17.8 Å². The molecule has 1 nitrogen and oxygen atoms in total. The van der Waals surface area contributed by atoms with E-state index in [1.54, 1.807) is 0 Å². The van der Waals surface area contributed by atoms with Crippen LogP contribution in [0.3, 0.4) is 0 Å². The molecule has 1 heteroatoms. The molecule has 0 heterocycles. The predicted octanol–water partition coefficient (Wildman–Crippen LogP) is 6.16. The van der Waals surface area contributed by atoms with Crippen LogP contribution < -0.4 is 0 Å². The summed E-state index contributed by atoms with van der Waals surface area (Å²) in [7, 11) is 0. The molecule has 0 radical (unpaired) electrons. The van der Waals surface area contributed by atoms with Gasteiger partial charge >= 0.3 is 0 Å². The van der Waals surface area contributed by atoms with E-state index >= 15 is 0 Å². The number of hydrogen-bond donors (Lipinski definition) is 0. The first-order valence-electron chi connectivity index (χ1n) is 9.77. The van der Waals surface area contributed by atoms with Crippen molar-refractivity contribution < 1.29 is 4.79 Å². The number of carbonyl (C=O) groups excluding carboxylic acids is 1. The maximum Gasteiger partial charge on any atom is 0.123 e. The van der Waals surface area contributed by atoms with E-state index in [-0.39, 0.29) is 0 Å². The summed E-state index contributed by atoms with van der Waals surface area (Å²) >= 11 is 0. The van der Waals surface area contributed by atoms with Gasteiger partial charge in [-0.1, -0.05) is 71.1 Å². The van der Waals surface area contributed by atoms with Crippen LogP contribution in [0.25, 0.3) is 0 Å². The Bertz CT molecular complexity index is 270. The van der Waals surface area contributed by atoms with Gasteiger partial charge in [0, 0.05) is 5.92 Å². The summed E-state index contributed by atoms with van der Waals surface area (Å²) in [5.74, 6) is 3.40. The van der Waals surface area contributed by atoms with E-state index < -0.39 is 0 Å². The minimum Gasteiger partial charge on any atom is -0.303 e. The Morgan fingerprint density at radius 3 is 1.67 bits per heavy atom. The van der Waals surface area contributed by atoms with Crippen LogP contribution in [0, 0.1) is 23.7 Å². The molecule has 0 aliphatic heterocycles.